The average molecular weight is 361 g/mol. The summed E-state index contributed by atoms with van der Waals surface area (Å²) in [5, 5.41) is 19.0. The lowest BCUT2D eigenvalue weighted by molar-refractivity contribution is 0.0577. The van der Waals surface area contributed by atoms with Crippen LogP contribution in [0.4, 0.5) is 0 Å². The van der Waals surface area contributed by atoms with Crippen LogP contribution >= 0.6 is 0 Å². The minimum Gasteiger partial charge on any atom is -0.389 e. The lowest BCUT2D eigenvalue weighted by Gasteiger charge is -2.25. The molecule has 146 valence electrons. The molecule has 0 aliphatic heterocycles. The minimum absolute atomic E-state index is 0.0338. The van der Waals surface area contributed by atoms with Crippen LogP contribution in [0.25, 0.3) is 0 Å². The quantitative estimate of drug-likeness (QED) is 0.793. The largest absolute Gasteiger partial charge is 0.389 e. The van der Waals surface area contributed by atoms with Gasteiger partial charge in [0, 0.05) is 18.4 Å². The van der Waals surface area contributed by atoms with E-state index in [1.165, 1.54) is 11.1 Å². The lowest BCUT2D eigenvalue weighted by Crippen LogP contribution is -2.26. The van der Waals surface area contributed by atoms with Crippen LogP contribution in [-0.4, -0.2) is 30.3 Å². The van der Waals surface area contributed by atoms with E-state index in [4.69, 9.17) is 0 Å². The summed E-state index contributed by atoms with van der Waals surface area (Å²) in [6, 6.07) is 0.358. The van der Waals surface area contributed by atoms with E-state index < -0.39 is 5.60 Å². The van der Waals surface area contributed by atoms with Crippen molar-refractivity contribution in [2.45, 2.75) is 97.2 Å². The fourth-order valence-corrected chi connectivity index (χ4v) is 3.01. The van der Waals surface area contributed by atoms with Crippen LogP contribution in [0.1, 0.15) is 85.4 Å². The fourth-order valence-electron chi connectivity index (χ4n) is 3.01. The van der Waals surface area contributed by atoms with Gasteiger partial charge in [0.1, 0.15) is 0 Å². The van der Waals surface area contributed by atoms with Gasteiger partial charge in [-0.25, -0.2) is 0 Å². The van der Waals surface area contributed by atoms with Crippen LogP contribution in [0, 0.1) is 0 Å². The zero-order chi connectivity index (χ0) is 19.8. The Morgan fingerprint density at radius 3 is 2.12 bits per heavy atom. The Balaban J connectivity index is 2.00. The highest BCUT2D eigenvalue weighted by Crippen LogP contribution is 2.31. The number of aliphatic hydroxyl groups is 1. The predicted molar refractivity (Wildman–Crippen MR) is 106 cm³/mol. The van der Waals surface area contributed by atoms with E-state index in [1.54, 1.807) is 13.8 Å². The van der Waals surface area contributed by atoms with Crippen molar-refractivity contribution in [3.8, 4) is 0 Å². The fraction of sp³-hybridized carbons (Fsp3) is 0.714. The topological polar surface area (TPSA) is 55.9 Å². The van der Waals surface area contributed by atoms with Crippen molar-refractivity contribution < 1.29 is 5.11 Å². The average Bonchev–Trinajstić information content (AvgIpc) is 3.11. The highest BCUT2D eigenvalue weighted by molar-refractivity contribution is 5.17. The van der Waals surface area contributed by atoms with Gasteiger partial charge in [0.25, 0.3) is 0 Å². The van der Waals surface area contributed by atoms with Crippen LogP contribution in [0.3, 0.4) is 0 Å². The molecule has 0 aliphatic carbocycles. The van der Waals surface area contributed by atoms with Crippen LogP contribution in [-0.2, 0) is 17.4 Å². The molecule has 0 radical (unpaired) electrons. The molecule has 0 bridgehead atoms. The number of hydrogen-bond donors (Lipinski definition) is 1. The van der Waals surface area contributed by atoms with Crippen LogP contribution < -0.4 is 0 Å². The molecule has 0 fully saturated rings. The Hall–Kier alpha value is -1.62. The van der Waals surface area contributed by atoms with Gasteiger partial charge in [-0.3, -0.25) is 9.36 Å². The first-order valence-corrected chi connectivity index (χ1v) is 9.58. The Bertz CT molecular complexity index is 713. The maximum Gasteiger partial charge on any atom is 0.0786 e. The van der Waals surface area contributed by atoms with Gasteiger partial charge >= 0.3 is 0 Å². The van der Waals surface area contributed by atoms with Gasteiger partial charge in [0.05, 0.1) is 24.5 Å². The van der Waals surface area contributed by atoms with Crippen LogP contribution in [0.15, 0.2) is 24.8 Å². The van der Waals surface area contributed by atoms with Crippen molar-refractivity contribution >= 4 is 0 Å². The molecule has 2 rings (SSSR count). The zero-order valence-corrected chi connectivity index (χ0v) is 17.7. The van der Waals surface area contributed by atoms with Crippen molar-refractivity contribution in [3.63, 3.8) is 0 Å². The maximum atomic E-state index is 9.97. The van der Waals surface area contributed by atoms with E-state index in [-0.39, 0.29) is 10.8 Å². The van der Waals surface area contributed by atoms with E-state index in [0.29, 0.717) is 12.6 Å². The Kier molecular flexibility index (Phi) is 5.71. The van der Waals surface area contributed by atoms with Crippen molar-refractivity contribution in [3.05, 3.63) is 35.9 Å². The molecule has 5 heteroatoms. The molecular formula is C21H36N4O. The summed E-state index contributed by atoms with van der Waals surface area (Å²) >= 11 is 0. The van der Waals surface area contributed by atoms with Crippen molar-refractivity contribution in [1.29, 1.82) is 0 Å². The van der Waals surface area contributed by atoms with Crippen LogP contribution in [0.2, 0.25) is 0 Å². The van der Waals surface area contributed by atoms with E-state index in [1.807, 2.05) is 17.1 Å². The van der Waals surface area contributed by atoms with Gasteiger partial charge < -0.3 is 5.11 Å². The highest BCUT2D eigenvalue weighted by Gasteiger charge is 2.25. The first-order valence-electron chi connectivity index (χ1n) is 9.58. The van der Waals surface area contributed by atoms with Crippen LogP contribution in [0.5, 0.6) is 0 Å². The molecule has 1 unspecified atom stereocenters. The summed E-state index contributed by atoms with van der Waals surface area (Å²) in [5.74, 6) is 0. The lowest BCUT2D eigenvalue weighted by atomic mass is 9.81. The van der Waals surface area contributed by atoms with Gasteiger partial charge in [-0.1, -0.05) is 34.6 Å². The molecule has 2 aromatic rings. The molecule has 1 N–H and O–H groups in total. The van der Waals surface area contributed by atoms with E-state index in [0.717, 1.165) is 12.8 Å². The molecule has 5 nitrogen and oxygen atoms in total. The summed E-state index contributed by atoms with van der Waals surface area (Å²) in [4.78, 5) is 0. The SMILES string of the molecule is CC(CCC(C)(C)c1cnn(CC(C)(C)O)c1)n1cc(C(C)(C)C)cn1. The molecule has 26 heavy (non-hydrogen) atoms. The van der Waals surface area contributed by atoms with Crippen molar-refractivity contribution in [1.82, 2.24) is 19.6 Å². The Labute approximate surface area is 158 Å². The maximum absolute atomic E-state index is 9.97. The van der Waals surface area contributed by atoms with Crippen molar-refractivity contribution in [2.24, 2.45) is 0 Å². The summed E-state index contributed by atoms with van der Waals surface area (Å²) < 4.78 is 3.93. The van der Waals surface area contributed by atoms with Gasteiger partial charge in [-0.2, -0.15) is 10.2 Å². The molecule has 0 amide bonds. The first-order chi connectivity index (χ1) is 11.8. The predicted octanol–water partition coefficient (Wildman–Crippen LogP) is 4.47. The zero-order valence-electron chi connectivity index (χ0n) is 17.7. The molecule has 1 atom stereocenters. The Morgan fingerprint density at radius 2 is 1.58 bits per heavy atom. The molecule has 0 saturated heterocycles. The van der Waals surface area contributed by atoms with Gasteiger partial charge in [0.15, 0.2) is 0 Å². The van der Waals surface area contributed by atoms with Crippen molar-refractivity contribution in [2.75, 3.05) is 0 Å². The molecule has 2 heterocycles. The molecule has 2 aromatic heterocycles. The third-order valence-corrected chi connectivity index (χ3v) is 5.07. The number of nitrogens with zero attached hydrogens (tertiary/aromatic N) is 4. The number of hydrogen-bond acceptors (Lipinski definition) is 3. The monoisotopic (exact) mass is 360 g/mol. The standard InChI is InChI=1S/C21H36N4O/c1-16(25-14-17(11-23-25)19(2,3)4)9-10-20(5,6)18-12-22-24(13-18)15-21(7,8)26/h11-14,16,26H,9-10,15H2,1-8H3. The van der Waals surface area contributed by atoms with E-state index >= 15 is 0 Å². The van der Waals surface area contributed by atoms with E-state index in [2.05, 4.69) is 68.8 Å². The second-order valence-corrected chi connectivity index (χ2v) is 9.97. The minimum atomic E-state index is -0.757. The first kappa shape index (κ1) is 20.7. The number of rotatable bonds is 7. The van der Waals surface area contributed by atoms with Gasteiger partial charge in [-0.05, 0) is 55.6 Å². The summed E-state index contributed by atoms with van der Waals surface area (Å²) in [6.07, 6.45) is 10.3. The second-order valence-electron chi connectivity index (χ2n) is 9.97. The number of aromatic nitrogens is 4. The molecule has 0 aliphatic rings. The third-order valence-electron chi connectivity index (χ3n) is 5.07. The third kappa shape index (κ3) is 5.44. The smallest absolute Gasteiger partial charge is 0.0786 e. The Morgan fingerprint density at radius 1 is 0.962 bits per heavy atom. The highest BCUT2D eigenvalue weighted by atomic mass is 16.3. The van der Waals surface area contributed by atoms with E-state index in [9.17, 15) is 5.11 Å². The summed E-state index contributed by atoms with van der Waals surface area (Å²) in [7, 11) is 0. The molecule has 0 spiro atoms. The molecular weight excluding hydrogens is 324 g/mol. The van der Waals surface area contributed by atoms with Gasteiger partial charge in [-0.15, -0.1) is 0 Å². The molecule has 0 aromatic carbocycles. The second kappa shape index (κ2) is 7.18. The summed E-state index contributed by atoms with van der Waals surface area (Å²) in [6.45, 7) is 17.5. The normalized spacial score (nSPS) is 14.7. The summed E-state index contributed by atoms with van der Waals surface area (Å²) in [5.41, 5.74) is 1.90. The molecule has 0 saturated carbocycles. The van der Waals surface area contributed by atoms with Gasteiger partial charge in [0.2, 0.25) is 0 Å².